The van der Waals surface area contributed by atoms with Crippen molar-refractivity contribution in [2.75, 3.05) is 17.7 Å². The molecule has 0 aliphatic rings. The van der Waals surface area contributed by atoms with Gasteiger partial charge >= 0.3 is 0 Å². The summed E-state index contributed by atoms with van der Waals surface area (Å²) in [6, 6.07) is 15.9. The first-order chi connectivity index (χ1) is 9.66. The van der Waals surface area contributed by atoms with Gasteiger partial charge in [-0.05, 0) is 30.7 Å². The molecule has 4 heteroatoms. The number of benzene rings is 2. The van der Waals surface area contributed by atoms with E-state index in [0.717, 1.165) is 16.7 Å². The quantitative estimate of drug-likeness (QED) is 0.771. The fourth-order valence-corrected chi connectivity index (χ4v) is 2.31. The number of aromatic nitrogens is 2. The van der Waals surface area contributed by atoms with E-state index in [0.29, 0.717) is 11.6 Å². The molecule has 0 amide bonds. The molecule has 0 spiro atoms. The first kappa shape index (κ1) is 12.4. The van der Waals surface area contributed by atoms with Crippen LogP contribution < -0.4 is 10.6 Å². The maximum absolute atomic E-state index is 6.06. The normalized spacial score (nSPS) is 10.7. The molecule has 0 fully saturated rings. The lowest BCUT2D eigenvalue weighted by Crippen LogP contribution is -2.15. The Morgan fingerprint density at radius 3 is 2.20 bits per heavy atom. The van der Waals surface area contributed by atoms with Gasteiger partial charge in [-0.1, -0.05) is 30.3 Å². The van der Waals surface area contributed by atoms with Crippen molar-refractivity contribution in [1.82, 2.24) is 9.97 Å². The monoisotopic (exact) mass is 264 g/mol. The molecule has 3 rings (SSSR count). The SMILES string of the molecule is Cc1ccccc1N(C)c1nc2ccccc2nc1N. The highest BCUT2D eigenvalue weighted by atomic mass is 15.2. The third-order valence-corrected chi connectivity index (χ3v) is 3.37. The molecule has 0 unspecified atom stereocenters. The topological polar surface area (TPSA) is 55.0 Å². The van der Waals surface area contributed by atoms with Crippen LogP contribution in [-0.4, -0.2) is 17.0 Å². The summed E-state index contributed by atoms with van der Waals surface area (Å²) in [6.07, 6.45) is 0. The second-order valence-corrected chi connectivity index (χ2v) is 4.77. The number of hydrogen-bond acceptors (Lipinski definition) is 4. The molecule has 1 heterocycles. The van der Waals surface area contributed by atoms with Gasteiger partial charge in [-0.15, -0.1) is 0 Å². The number of nitrogens with zero attached hydrogens (tertiary/aromatic N) is 3. The van der Waals surface area contributed by atoms with Gasteiger partial charge in [0.15, 0.2) is 11.6 Å². The molecule has 100 valence electrons. The van der Waals surface area contributed by atoms with Crippen LogP contribution in [0.15, 0.2) is 48.5 Å². The van der Waals surface area contributed by atoms with Crippen LogP contribution in [0.3, 0.4) is 0 Å². The number of rotatable bonds is 2. The van der Waals surface area contributed by atoms with Crippen molar-refractivity contribution in [3.05, 3.63) is 54.1 Å². The maximum Gasteiger partial charge on any atom is 0.176 e. The van der Waals surface area contributed by atoms with Crippen molar-refractivity contribution in [2.24, 2.45) is 0 Å². The lowest BCUT2D eigenvalue weighted by molar-refractivity contribution is 1.12. The van der Waals surface area contributed by atoms with Gasteiger partial charge in [-0.3, -0.25) is 0 Å². The second-order valence-electron chi connectivity index (χ2n) is 4.77. The summed E-state index contributed by atoms with van der Waals surface area (Å²) in [5.74, 6) is 1.12. The third-order valence-electron chi connectivity index (χ3n) is 3.37. The number of anilines is 3. The van der Waals surface area contributed by atoms with Crippen molar-refractivity contribution in [3.63, 3.8) is 0 Å². The van der Waals surface area contributed by atoms with Gasteiger partial charge in [0.1, 0.15) is 0 Å². The second kappa shape index (κ2) is 4.81. The number of aryl methyl sites for hydroxylation is 1. The summed E-state index contributed by atoms with van der Waals surface area (Å²) < 4.78 is 0. The van der Waals surface area contributed by atoms with Gasteiger partial charge in [-0.25, -0.2) is 9.97 Å². The van der Waals surface area contributed by atoms with E-state index in [4.69, 9.17) is 5.73 Å². The average Bonchev–Trinajstić information content (AvgIpc) is 2.46. The van der Waals surface area contributed by atoms with E-state index in [1.54, 1.807) is 0 Å². The van der Waals surface area contributed by atoms with Crippen molar-refractivity contribution in [3.8, 4) is 0 Å². The Balaban J connectivity index is 2.14. The molecule has 0 saturated carbocycles. The molecule has 0 radical (unpaired) electrons. The zero-order valence-electron chi connectivity index (χ0n) is 11.5. The predicted octanol–water partition coefficient (Wildman–Crippen LogP) is 3.29. The van der Waals surface area contributed by atoms with Crippen LogP contribution in [0.5, 0.6) is 0 Å². The van der Waals surface area contributed by atoms with Gasteiger partial charge in [0.25, 0.3) is 0 Å². The van der Waals surface area contributed by atoms with Gasteiger partial charge in [0.05, 0.1) is 11.0 Å². The zero-order valence-corrected chi connectivity index (χ0v) is 11.5. The minimum Gasteiger partial charge on any atom is -0.381 e. The Kier molecular flexibility index (Phi) is 2.99. The number of fused-ring (bicyclic) bond motifs is 1. The Bertz CT molecular complexity index is 767. The zero-order chi connectivity index (χ0) is 14.1. The van der Waals surface area contributed by atoms with Crippen LogP contribution in [0, 0.1) is 6.92 Å². The molecular weight excluding hydrogens is 248 g/mol. The highest BCUT2D eigenvalue weighted by Crippen LogP contribution is 2.29. The number of para-hydroxylation sites is 3. The molecular formula is C16H16N4. The maximum atomic E-state index is 6.06. The molecule has 0 aliphatic carbocycles. The Morgan fingerprint density at radius 2 is 1.50 bits per heavy atom. The Morgan fingerprint density at radius 1 is 0.900 bits per heavy atom. The average molecular weight is 264 g/mol. The minimum atomic E-state index is 0.439. The predicted molar refractivity (Wildman–Crippen MR) is 83.2 cm³/mol. The molecule has 20 heavy (non-hydrogen) atoms. The highest BCUT2D eigenvalue weighted by Gasteiger charge is 2.13. The van der Waals surface area contributed by atoms with Crippen LogP contribution in [0.4, 0.5) is 17.3 Å². The van der Waals surface area contributed by atoms with Crippen LogP contribution >= 0.6 is 0 Å². The van der Waals surface area contributed by atoms with Gasteiger partial charge in [0, 0.05) is 12.7 Å². The van der Waals surface area contributed by atoms with E-state index < -0.39 is 0 Å². The van der Waals surface area contributed by atoms with Gasteiger partial charge in [0.2, 0.25) is 0 Å². The van der Waals surface area contributed by atoms with Crippen molar-refractivity contribution < 1.29 is 0 Å². The van der Waals surface area contributed by atoms with E-state index >= 15 is 0 Å². The molecule has 0 aliphatic heterocycles. The van der Waals surface area contributed by atoms with Gasteiger partial charge in [-0.2, -0.15) is 0 Å². The first-order valence-corrected chi connectivity index (χ1v) is 6.48. The molecule has 4 nitrogen and oxygen atoms in total. The van der Waals surface area contributed by atoms with Crippen LogP contribution in [0.1, 0.15) is 5.56 Å². The third kappa shape index (κ3) is 2.05. The van der Waals surface area contributed by atoms with Gasteiger partial charge < -0.3 is 10.6 Å². The fraction of sp³-hybridized carbons (Fsp3) is 0.125. The standard InChI is InChI=1S/C16H16N4/c1-11-7-3-6-10-14(11)20(2)16-15(17)18-12-8-4-5-9-13(12)19-16/h3-10H,1-2H3,(H2,17,18). The first-order valence-electron chi connectivity index (χ1n) is 6.48. The number of hydrogen-bond donors (Lipinski definition) is 1. The molecule has 2 aromatic carbocycles. The van der Waals surface area contributed by atoms with E-state index in [9.17, 15) is 0 Å². The van der Waals surface area contributed by atoms with Crippen molar-refractivity contribution in [2.45, 2.75) is 6.92 Å². The molecule has 0 atom stereocenters. The molecule has 0 saturated heterocycles. The smallest absolute Gasteiger partial charge is 0.176 e. The highest BCUT2D eigenvalue weighted by molar-refractivity contribution is 5.81. The van der Waals surface area contributed by atoms with Crippen LogP contribution in [0.25, 0.3) is 11.0 Å². The summed E-state index contributed by atoms with van der Waals surface area (Å²) in [7, 11) is 1.96. The summed E-state index contributed by atoms with van der Waals surface area (Å²) >= 11 is 0. The summed E-state index contributed by atoms with van der Waals surface area (Å²) in [6.45, 7) is 2.07. The fourth-order valence-electron chi connectivity index (χ4n) is 2.31. The number of nitrogen functional groups attached to an aromatic ring is 1. The summed E-state index contributed by atoms with van der Waals surface area (Å²) in [5, 5.41) is 0. The van der Waals surface area contributed by atoms with Crippen molar-refractivity contribution in [1.29, 1.82) is 0 Å². The number of nitrogens with two attached hydrogens (primary N) is 1. The van der Waals surface area contributed by atoms with Crippen LogP contribution in [-0.2, 0) is 0 Å². The van der Waals surface area contributed by atoms with Crippen LogP contribution in [0.2, 0.25) is 0 Å². The van der Waals surface area contributed by atoms with E-state index in [2.05, 4.69) is 23.0 Å². The lowest BCUT2D eigenvalue weighted by Gasteiger charge is -2.21. The van der Waals surface area contributed by atoms with E-state index in [1.165, 1.54) is 5.56 Å². The molecule has 2 N–H and O–H groups in total. The summed E-state index contributed by atoms with van der Waals surface area (Å²) in [4.78, 5) is 11.0. The molecule has 1 aromatic heterocycles. The molecule has 0 bridgehead atoms. The van der Waals surface area contributed by atoms with E-state index in [1.807, 2.05) is 54.4 Å². The molecule has 3 aromatic rings. The largest absolute Gasteiger partial charge is 0.381 e. The Hall–Kier alpha value is -2.62. The summed E-state index contributed by atoms with van der Waals surface area (Å²) in [5.41, 5.74) is 9.96. The minimum absolute atomic E-state index is 0.439. The van der Waals surface area contributed by atoms with Crippen molar-refractivity contribution >= 4 is 28.4 Å². The van der Waals surface area contributed by atoms with E-state index in [-0.39, 0.29) is 0 Å². The Labute approximate surface area is 117 Å². The lowest BCUT2D eigenvalue weighted by atomic mass is 10.2.